The second kappa shape index (κ2) is 5.51. The summed E-state index contributed by atoms with van der Waals surface area (Å²) in [6, 6.07) is 15.7. The van der Waals surface area contributed by atoms with Crippen LogP contribution in [0.1, 0.15) is 11.1 Å². The molecule has 104 valence electrons. The minimum Gasteiger partial charge on any atom is -0.495 e. The van der Waals surface area contributed by atoms with E-state index in [1.807, 2.05) is 42.6 Å². The monoisotopic (exact) mass is 296 g/mol. The average molecular weight is 297 g/mol. The lowest BCUT2D eigenvalue weighted by molar-refractivity contribution is 0.413. The third-order valence-corrected chi connectivity index (χ3v) is 3.71. The highest BCUT2D eigenvalue weighted by molar-refractivity contribution is 6.31. The van der Waals surface area contributed by atoms with E-state index in [1.54, 1.807) is 7.11 Å². The lowest BCUT2D eigenvalue weighted by Crippen LogP contribution is -1.99. The Morgan fingerprint density at radius 3 is 2.81 bits per heavy atom. The lowest BCUT2D eigenvalue weighted by Gasteiger charge is -2.08. The molecule has 4 heteroatoms. The molecular formula is C17H13ClN2O. The van der Waals surface area contributed by atoms with Crippen molar-refractivity contribution in [1.82, 2.24) is 4.57 Å². The molecule has 0 spiro atoms. The highest BCUT2D eigenvalue weighted by Crippen LogP contribution is 2.23. The molecule has 0 N–H and O–H groups in total. The summed E-state index contributed by atoms with van der Waals surface area (Å²) in [6.07, 6.45) is 2.03. The Kier molecular flexibility index (Phi) is 3.55. The molecule has 0 unspecified atom stereocenters. The summed E-state index contributed by atoms with van der Waals surface area (Å²) in [6.45, 7) is 0.683. The molecule has 2 aromatic carbocycles. The van der Waals surface area contributed by atoms with Crippen LogP contribution < -0.4 is 4.74 Å². The predicted molar refractivity (Wildman–Crippen MR) is 83.8 cm³/mol. The van der Waals surface area contributed by atoms with Crippen molar-refractivity contribution in [3.05, 3.63) is 64.8 Å². The quantitative estimate of drug-likeness (QED) is 0.725. The molecule has 3 aromatic rings. The Morgan fingerprint density at radius 1 is 1.19 bits per heavy atom. The SMILES string of the molecule is COc1ccc(Cn2ccc3ccc(Cl)cc32)cc1C#N. The van der Waals surface area contributed by atoms with Crippen LogP contribution >= 0.6 is 11.6 Å². The van der Waals surface area contributed by atoms with Gasteiger partial charge in [-0.15, -0.1) is 0 Å². The zero-order valence-electron chi connectivity index (χ0n) is 11.5. The number of benzene rings is 2. The fraction of sp³-hybridized carbons (Fsp3) is 0.118. The molecule has 0 bridgehead atoms. The van der Waals surface area contributed by atoms with Crippen molar-refractivity contribution in [3.8, 4) is 11.8 Å². The van der Waals surface area contributed by atoms with Crippen LogP contribution in [0.3, 0.4) is 0 Å². The van der Waals surface area contributed by atoms with Crippen LogP contribution in [0.4, 0.5) is 0 Å². The molecule has 0 fully saturated rings. The number of fused-ring (bicyclic) bond motifs is 1. The van der Waals surface area contributed by atoms with E-state index in [0.717, 1.165) is 21.5 Å². The van der Waals surface area contributed by atoms with E-state index in [4.69, 9.17) is 21.6 Å². The van der Waals surface area contributed by atoms with E-state index in [-0.39, 0.29) is 0 Å². The van der Waals surface area contributed by atoms with Crippen LogP contribution in [-0.2, 0) is 6.54 Å². The first kappa shape index (κ1) is 13.5. The van der Waals surface area contributed by atoms with Gasteiger partial charge in [0.05, 0.1) is 12.7 Å². The highest BCUT2D eigenvalue weighted by Gasteiger charge is 2.06. The summed E-state index contributed by atoms with van der Waals surface area (Å²) in [7, 11) is 1.57. The van der Waals surface area contributed by atoms with E-state index in [1.165, 1.54) is 0 Å². The van der Waals surface area contributed by atoms with Gasteiger partial charge in [-0.2, -0.15) is 5.26 Å². The number of halogens is 1. The molecule has 0 aliphatic rings. The van der Waals surface area contributed by atoms with E-state index >= 15 is 0 Å². The van der Waals surface area contributed by atoms with E-state index in [9.17, 15) is 0 Å². The summed E-state index contributed by atoms with van der Waals surface area (Å²) in [4.78, 5) is 0. The molecule has 1 heterocycles. The summed E-state index contributed by atoms with van der Waals surface area (Å²) in [5.41, 5.74) is 2.67. The maximum atomic E-state index is 9.15. The zero-order valence-corrected chi connectivity index (χ0v) is 12.3. The molecule has 0 amide bonds. The van der Waals surface area contributed by atoms with E-state index in [2.05, 4.69) is 16.7 Å². The number of nitrogens with zero attached hydrogens (tertiary/aromatic N) is 2. The Bertz CT molecular complexity index is 846. The van der Waals surface area contributed by atoms with Gasteiger partial charge in [-0.25, -0.2) is 0 Å². The van der Waals surface area contributed by atoms with Crippen molar-refractivity contribution in [1.29, 1.82) is 5.26 Å². The van der Waals surface area contributed by atoms with Crippen molar-refractivity contribution < 1.29 is 4.74 Å². The summed E-state index contributed by atoms with van der Waals surface area (Å²) in [5.74, 6) is 0.599. The minimum absolute atomic E-state index is 0.546. The zero-order chi connectivity index (χ0) is 14.8. The smallest absolute Gasteiger partial charge is 0.136 e. The number of nitriles is 1. The molecule has 0 aliphatic heterocycles. The number of methoxy groups -OCH3 is 1. The molecule has 0 saturated carbocycles. The first-order valence-electron chi connectivity index (χ1n) is 6.52. The van der Waals surface area contributed by atoms with Crippen LogP contribution in [0.5, 0.6) is 5.75 Å². The highest BCUT2D eigenvalue weighted by atomic mass is 35.5. The van der Waals surface area contributed by atoms with E-state index in [0.29, 0.717) is 17.9 Å². The van der Waals surface area contributed by atoms with E-state index < -0.39 is 0 Å². The van der Waals surface area contributed by atoms with Crippen LogP contribution in [0, 0.1) is 11.3 Å². The summed E-state index contributed by atoms with van der Waals surface area (Å²) in [5, 5.41) is 11.0. The van der Waals surface area contributed by atoms with Crippen LogP contribution in [-0.4, -0.2) is 11.7 Å². The standard InChI is InChI=1S/C17H13ClN2O/c1-21-17-5-2-12(8-14(17)10-19)11-20-7-6-13-3-4-15(18)9-16(13)20/h2-9H,11H2,1H3. The molecule has 0 radical (unpaired) electrons. The average Bonchev–Trinajstić information content (AvgIpc) is 2.89. The van der Waals surface area contributed by atoms with Gasteiger partial charge in [0.1, 0.15) is 11.8 Å². The Hall–Kier alpha value is -2.44. The van der Waals surface area contributed by atoms with Crippen molar-refractivity contribution in [3.63, 3.8) is 0 Å². The van der Waals surface area contributed by atoms with Crippen LogP contribution in [0.2, 0.25) is 5.02 Å². The molecule has 0 saturated heterocycles. The summed E-state index contributed by atoms with van der Waals surface area (Å²) < 4.78 is 7.28. The Balaban J connectivity index is 1.99. The van der Waals surface area contributed by atoms with Gasteiger partial charge < -0.3 is 9.30 Å². The molecular weight excluding hydrogens is 284 g/mol. The van der Waals surface area contributed by atoms with Crippen molar-refractivity contribution in [2.75, 3.05) is 7.11 Å². The third-order valence-electron chi connectivity index (χ3n) is 3.47. The lowest BCUT2D eigenvalue weighted by atomic mass is 10.1. The van der Waals surface area contributed by atoms with Crippen molar-refractivity contribution >= 4 is 22.5 Å². The van der Waals surface area contributed by atoms with Crippen molar-refractivity contribution in [2.24, 2.45) is 0 Å². The number of aromatic nitrogens is 1. The van der Waals surface area contributed by atoms with Crippen LogP contribution in [0.25, 0.3) is 10.9 Å². The maximum absolute atomic E-state index is 9.15. The second-order valence-electron chi connectivity index (χ2n) is 4.79. The largest absolute Gasteiger partial charge is 0.495 e. The molecule has 21 heavy (non-hydrogen) atoms. The van der Waals surface area contributed by atoms with Gasteiger partial charge in [-0.3, -0.25) is 0 Å². The normalized spacial score (nSPS) is 10.5. The maximum Gasteiger partial charge on any atom is 0.136 e. The number of hydrogen-bond donors (Lipinski definition) is 0. The molecule has 3 nitrogen and oxygen atoms in total. The fourth-order valence-electron chi connectivity index (χ4n) is 2.43. The van der Waals surface area contributed by atoms with Gasteiger partial charge in [-0.05, 0) is 41.3 Å². The minimum atomic E-state index is 0.546. The van der Waals surface area contributed by atoms with Crippen molar-refractivity contribution in [2.45, 2.75) is 6.54 Å². The van der Waals surface area contributed by atoms with Gasteiger partial charge in [-0.1, -0.05) is 23.7 Å². The number of hydrogen-bond acceptors (Lipinski definition) is 2. The Labute approximate surface area is 127 Å². The fourth-order valence-corrected chi connectivity index (χ4v) is 2.60. The van der Waals surface area contributed by atoms with Gasteiger partial charge in [0.25, 0.3) is 0 Å². The number of ether oxygens (including phenoxy) is 1. The van der Waals surface area contributed by atoms with Gasteiger partial charge in [0, 0.05) is 23.3 Å². The molecule has 1 aromatic heterocycles. The predicted octanol–water partition coefficient (Wildman–Crippen LogP) is 4.22. The Morgan fingerprint density at radius 2 is 2.05 bits per heavy atom. The molecule has 3 rings (SSSR count). The van der Waals surface area contributed by atoms with Gasteiger partial charge >= 0.3 is 0 Å². The third kappa shape index (κ3) is 2.58. The van der Waals surface area contributed by atoms with Gasteiger partial charge in [0.2, 0.25) is 0 Å². The topological polar surface area (TPSA) is 38.0 Å². The second-order valence-corrected chi connectivity index (χ2v) is 5.23. The first-order chi connectivity index (χ1) is 10.2. The molecule has 0 atom stereocenters. The summed E-state index contributed by atoms with van der Waals surface area (Å²) >= 11 is 6.06. The first-order valence-corrected chi connectivity index (χ1v) is 6.90. The van der Waals surface area contributed by atoms with Gasteiger partial charge in [0.15, 0.2) is 0 Å². The molecule has 0 aliphatic carbocycles. The number of rotatable bonds is 3. The van der Waals surface area contributed by atoms with Crippen LogP contribution in [0.15, 0.2) is 48.7 Å².